The number of hydrogen-bond acceptors (Lipinski definition) is 1. The lowest BCUT2D eigenvalue weighted by molar-refractivity contribution is -0.114. The number of amides is 1. The lowest BCUT2D eigenvalue weighted by Crippen LogP contribution is -2.10. The highest BCUT2D eigenvalue weighted by atomic mass is 35.5. The number of hydrogen-bond donors (Lipinski definition) is 1. The van der Waals surface area contributed by atoms with E-state index in [0.717, 1.165) is 6.92 Å². The van der Waals surface area contributed by atoms with Crippen molar-refractivity contribution in [3.63, 3.8) is 0 Å². The van der Waals surface area contributed by atoms with E-state index in [2.05, 4.69) is 5.32 Å². The third-order valence-electron chi connectivity index (χ3n) is 2.21. The predicted molar refractivity (Wildman–Crippen MR) is 65.2 cm³/mol. The summed E-state index contributed by atoms with van der Waals surface area (Å²) in [6, 6.07) is 5.82. The van der Waals surface area contributed by atoms with Crippen molar-refractivity contribution < 1.29 is 18.0 Å². The van der Waals surface area contributed by atoms with E-state index in [4.69, 9.17) is 11.6 Å². The first-order valence-corrected chi connectivity index (χ1v) is 5.41. The molecule has 0 atom stereocenters. The SMILES string of the molecule is CC(=O)Nc1ccc(/C(Cl)=C(\C)C(F)(F)F)cc1. The fourth-order valence-electron chi connectivity index (χ4n) is 1.24. The van der Waals surface area contributed by atoms with E-state index in [9.17, 15) is 18.0 Å². The Hall–Kier alpha value is -1.49. The minimum absolute atomic E-state index is 0.251. The number of benzene rings is 1. The van der Waals surface area contributed by atoms with Crippen molar-refractivity contribution in [2.24, 2.45) is 0 Å². The van der Waals surface area contributed by atoms with Gasteiger partial charge in [0.05, 0.1) is 5.03 Å². The molecule has 1 aromatic rings. The molecule has 0 aliphatic heterocycles. The van der Waals surface area contributed by atoms with Crippen LogP contribution in [0.25, 0.3) is 5.03 Å². The standard InChI is InChI=1S/C12H11ClF3NO/c1-7(12(14,15)16)11(13)9-3-5-10(6-4-9)17-8(2)18/h3-6H,1-2H3,(H,17,18)/b11-7-. The summed E-state index contributed by atoms with van der Waals surface area (Å²) in [4.78, 5) is 10.8. The molecule has 1 rings (SSSR count). The van der Waals surface area contributed by atoms with Gasteiger partial charge in [-0.2, -0.15) is 13.2 Å². The molecule has 0 unspecified atom stereocenters. The summed E-state index contributed by atoms with van der Waals surface area (Å²) in [5, 5.41) is 2.16. The van der Waals surface area contributed by atoms with Crippen molar-refractivity contribution in [1.82, 2.24) is 0 Å². The molecule has 1 amide bonds. The molecule has 18 heavy (non-hydrogen) atoms. The van der Waals surface area contributed by atoms with Gasteiger partial charge < -0.3 is 5.32 Å². The second-order valence-corrected chi connectivity index (χ2v) is 4.07. The van der Waals surface area contributed by atoms with E-state index in [1.807, 2.05) is 0 Å². The van der Waals surface area contributed by atoms with Crippen LogP contribution in [-0.2, 0) is 4.79 Å². The normalized spacial score (nSPS) is 13.0. The quantitative estimate of drug-likeness (QED) is 0.863. The largest absolute Gasteiger partial charge is 0.413 e. The summed E-state index contributed by atoms with van der Waals surface area (Å²) in [6.45, 7) is 2.26. The maximum atomic E-state index is 12.4. The second-order valence-electron chi connectivity index (χ2n) is 3.70. The van der Waals surface area contributed by atoms with Crippen molar-refractivity contribution in [3.05, 3.63) is 35.4 Å². The number of allylic oxidation sites excluding steroid dienone is 1. The van der Waals surface area contributed by atoms with E-state index >= 15 is 0 Å². The molecule has 1 N–H and O–H groups in total. The monoisotopic (exact) mass is 277 g/mol. The maximum Gasteiger partial charge on any atom is 0.413 e. The van der Waals surface area contributed by atoms with Crippen molar-refractivity contribution in [2.45, 2.75) is 20.0 Å². The lowest BCUT2D eigenvalue weighted by Gasteiger charge is -2.10. The van der Waals surface area contributed by atoms with E-state index in [1.54, 1.807) is 0 Å². The van der Waals surface area contributed by atoms with Crippen LogP contribution >= 0.6 is 11.6 Å². The molecule has 0 saturated heterocycles. The fourth-order valence-corrected chi connectivity index (χ4v) is 1.48. The number of carbonyl (C=O) groups is 1. The number of halogens is 4. The van der Waals surface area contributed by atoms with Gasteiger partial charge in [0, 0.05) is 18.2 Å². The van der Waals surface area contributed by atoms with E-state index in [0.29, 0.717) is 5.69 Å². The first-order valence-electron chi connectivity index (χ1n) is 5.03. The van der Waals surface area contributed by atoms with E-state index < -0.39 is 11.7 Å². The van der Waals surface area contributed by atoms with Crippen LogP contribution in [0.1, 0.15) is 19.4 Å². The number of anilines is 1. The first-order chi connectivity index (χ1) is 8.21. The molecule has 0 saturated carbocycles. The summed E-state index contributed by atoms with van der Waals surface area (Å²) in [5.41, 5.74) is -0.0996. The summed E-state index contributed by atoms with van der Waals surface area (Å²) in [7, 11) is 0. The number of carbonyl (C=O) groups excluding carboxylic acids is 1. The molecule has 0 fully saturated rings. The minimum atomic E-state index is -4.45. The number of alkyl halides is 3. The van der Waals surface area contributed by atoms with Crippen LogP contribution < -0.4 is 5.32 Å². The molecular formula is C12H11ClF3NO. The minimum Gasteiger partial charge on any atom is -0.326 e. The van der Waals surface area contributed by atoms with Crippen LogP contribution in [0, 0.1) is 0 Å². The van der Waals surface area contributed by atoms with Gasteiger partial charge in [0.2, 0.25) is 5.91 Å². The third kappa shape index (κ3) is 3.77. The molecule has 0 aromatic heterocycles. The maximum absolute atomic E-state index is 12.4. The zero-order chi connectivity index (χ0) is 13.9. The predicted octanol–water partition coefficient (Wildman–Crippen LogP) is 4.18. The Morgan fingerprint density at radius 3 is 2.06 bits per heavy atom. The molecule has 6 heteroatoms. The number of rotatable bonds is 2. The van der Waals surface area contributed by atoms with E-state index in [-0.39, 0.29) is 16.5 Å². The molecule has 98 valence electrons. The van der Waals surface area contributed by atoms with Crippen molar-refractivity contribution in [3.8, 4) is 0 Å². The van der Waals surface area contributed by atoms with Gasteiger partial charge in [-0.25, -0.2) is 0 Å². The van der Waals surface area contributed by atoms with Crippen molar-refractivity contribution in [1.29, 1.82) is 0 Å². The smallest absolute Gasteiger partial charge is 0.326 e. The van der Waals surface area contributed by atoms with E-state index in [1.165, 1.54) is 31.2 Å². The van der Waals surface area contributed by atoms with Crippen molar-refractivity contribution >= 4 is 28.2 Å². The zero-order valence-corrected chi connectivity index (χ0v) is 10.5. The van der Waals surface area contributed by atoms with Gasteiger partial charge in [-0.3, -0.25) is 4.79 Å². The first kappa shape index (κ1) is 14.6. The highest BCUT2D eigenvalue weighted by Gasteiger charge is 2.32. The molecular weight excluding hydrogens is 267 g/mol. The average molecular weight is 278 g/mol. The summed E-state index contributed by atoms with van der Waals surface area (Å²) in [5.74, 6) is -0.254. The highest BCUT2D eigenvalue weighted by molar-refractivity contribution is 6.49. The molecule has 1 aromatic carbocycles. The highest BCUT2D eigenvalue weighted by Crippen LogP contribution is 2.34. The summed E-state index contributed by atoms with van der Waals surface area (Å²) < 4.78 is 37.3. The third-order valence-corrected chi connectivity index (χ3v) is 2.71. The Balaban J connectivity index is 3.02. The lowest BCUT2D eigenvalue weighted by atomic mass is 10.1. The molecule has 0 spiro atoms. The van der Waals surface area contributed by atoms with Gasteiger partial charge in [-0.05, 0) is 24.6 Å². The topological polar surface area (TPSA) is 29.1 Å². The van der Waals surface area contributed by atoms with Crippen LogP contribution in [-0.4, -0.2) is 12.1 Å². The number of nitrogens with one attached hydrogen (secondary N) is 1. The van der Waals surface area contributed by atoms with Crippen LogP contribution in [0.3, 0.4) is 0 Å². The van der Waals surface area contributed by atoms with Crippen LogP contribution in [0.4, 0.5) is 18.9 Å². The zero-order valence-electron chi connectivity index (χ0n) is 9.73. The Bertz CT molecular complexity index is 477. The van der Waals surface area contributed by atoms with Gasteiger partial charge in [0.1, 0.15) is 0 Å². The summed E-state index contributed by atoms with van der Waals surface area (Å²) >= 11 is 5.67. The van der Waals surface area contributed by atoms with Crippen LogP contribution in [0.5, 0.6) is 0 Å². The Kier molecular flexibility index (Phi) is 4.40. The van der Waals surface area contributed by atoms with Gasteiger partial charge in [-0.15, -0.1) is 0 Å². The molecule has 0 bridgehead atoms. The molecule has 0 aliphatic rings. The van der Waals surface area contributed by atoms with Gasteiger partial charge in [0.25, 0.3) is 0 Å². The summed E-state index contributed by atoms with van der Waals surface area (Å²) in [6.07, 6.45) is -4.45. The molecule has 0 radical (unpaired) electrons. The molecule has 2 nitrogen and oxygen atoms in total. The average Bonchev–Trinajstić information content (AvgIpc) is 2.26. The van der Waals surface area contributed by atoms with Crippen molar-refractivity contribution in [2.75, 3.05) is 5.32 Å². The van der Waals surface area contributed by atoms with Gasteiger partial charge >= 0.3 is 6.18 Å². The van der Waals surface area contributed by atoms with Gasteiger partial charge in [-0.1, -0.05) is 23.7 Å². The van der Waals surface area contributed by atoms with Crippen LogP contribution in [0.15, 0.2) is 29.8 Å². The molecule has 0 aliphatic carbocycles. The van der Waals surface area contributed by atoms with Gasteiger partial charge in [0.15, 0.2) is 0 Å². The molecule has 0 heterocycles. The fraction of sp³-hybridized carbons (Fsp3) is 0.250. The second kappa shape index (κ2) is 5.44. The Morgan fingerprint density at radius 2 is 1.67 bits per heavy atom. The van der Waals surface area contributed by atoms with Crippen LogP contribution in [0.2, 0.25) is 0 Å². The Morgan fingerprint density at radius 1 is 1.17 bits per heavy atom. The Labute approximate surface area is 107 Å².